The number of carbonyl (C=O) groups is 2. The van der Waals surface area contributed by atoms with Gasteiger partial charge < -0.3 is 19.9 Å². The summed E-state index contributed by atoms with van der Waals surface area (Å²) in [6.45, 7) is -0.0682. The molecule has 1 amide bonds. The van der Waals surface area contributed by atoms with E-state index in [1.54, 1.807) is 20.3 Å². The first-order valence-corrected chi connectivity index (χ1v) is 8.40. The van der Waals surface area contributed by atoms with Gasteiger partial charge in [-0.3, -0.25) is 9.59 Å². The van der Waals surface area contributed by atoms with E-state index < -0.39 is 17.7 Å². The molecule has 0 heterocycles. The molecular weight excluding hydrogens is 353 g/mol. The number of aliphatic carboxylic acids is 1. The zero-order valence-corrected chi connectivity index (χ0v) is 15.2. The Balaban J connectivity index is 1.93. The maximum Gasteiger partial charge on any atom is 0.312 e. The standard InChI is InChI=1S/C20H22FNO5/c1-26-16-9-13(10-17(11-16)27-2)3-8-19(23)22-12-18(20(24)25)14-4-6-15(21)7-5-14/h4-7,9-11,18H,3,8,12H2,1-2H3,(H,22,23)(H,24,25). The van der Waals surface area contributed by atoms with E-state index in [1.165, 1.54) is 24.3 Å². The van der Waals surface area contributed by atoms with Crippen molar-refractivity contribution in [2.75, 3.05) is 20.8 Å². The normalized spacial score (nSPS) is 11.5. The Kier molecular flexibility index (Phi) is 7.16. The van der Waals surface area contributed by atoms with E-state index in [0.29, 0.717) is 23.5 Å². The first kappa shape index (κ1) is 20.2. The van der Waals surface area contributed by atoms with E-state index in [4.69, 9.17) is 9.47 Å². The number of rotatable bonds is 9. The topological polar surface area (TPSA) is 84.9 Å². The van der Waals surface area contributed by atoms with Gasteiger partial charge in [-0.15, -0.1) is 0 Å². The van der Waals surface area contributed by atoms with E-state index in [2.05, 4.69) is 5.32 Å². The zero-order valence-electron chi connectivity index (χ0n) is 15.2. The fraction of sp³-hybridized carbons (Fsp3) is 0.300. The molecule has 2 rings (SSSR count). The number of carboxylic acids is 1. The summed E-state index contributed by atoms with van der Waals surface area (Å²) in [6, 6.07) is 10.6. The predicted molar refractivity (Wildman–Crippen MR) is 97.7 cm³/mol. The summed E-state index contributed by atoms with van der Waals surface area (Å²) in [5.74, 6) is -1.48. The second-order valence-corrected chi connectivity index (χ2v) is 5.97. The summed E-state index contributed by atoms with van der Waals surface area (Å²) in [7, 11) is 3.10. The largest absolute Gasteiger partial charge is 0.497 e. The molecule has 0 aliphatic rings. The molecule has 0 bridgehead atoms. The van der Waals surface area contributed by atoms with Gasteiger partial charge in [-0.05, 0) is 41.8 Å². The summed E-state index contributed by atoms with van der Waals surface area (Å²) >= 11 is 0. The molecule has 0 aliphatic heterocycles. The van der Waals surface area contributed by atoms with Gasteiger partial charge in [0.1, 0.15) is 17.3 Å². The SMILES string of the molecule is COc1cc(CCC(=O)NCC(C(=O)O)c2ccc(F)cc2)cc(OC)c1. The smallest absolute Gasteiger partial charge is 0.312 e. The molecule has 1 atom stereocenters. The van der Waals surface area contributed by atoms with Gasteiger partial charge in [-0.25, -0.2) is 4.39 Å². The van der Waals surface area contributed by atoms with E-state index in [0.717, 1.165) is 5.56 Å². The lowest BCUT2D eigenvalue weighted by Crippen LogP contribution is -2.31. The first-order valence-electron chi connectivity index (χ1n) is 8.40. The maximum absolute atomic E-state index is 13.0. The van der Waals surface area contributed by atoms with Gasteiger partial charge in [0.2, 0.25) is 5.91 Å². The highest BCUT2D eigenvalue weighted by Gasteiger charge is 2.20. The van der Waals surface area contributed by atoms with Crippen LogP contribution in [0.15, 0.2) is 42.5 Å². The summed E-state index contributed by atoms with van der Waals surface area (Å²) in [6.07, 6.45) is 0.639. The number of hydrogen-bond donors (Lipinski definition) is 2. The predicted octanol–water partition coefficient (Wildman–Crippen LogP) is 2.76. The highest BCUT2D eigenvalue weighted by atomic mass is 19.1. The van der Waals surface area contributed by atoms with Crippen molar-refractivity contribution in [1.29, 1.82) is 0 Å². The number of hydrogen-bond acceptors (Lipinski definition) is 4. The van der Waals surface area contributed by atoms with Gasteiger partial charge in [-0.2, -0.15) is 0 Å². The van der Waals surface area contributed by atoms with Crippen molar-refractivity contribution in [2.45, 2.75) is 18.8 Å². The summed E-state index contributed by atoms with van der Waals surface area (Å²) in [4.78, 5) is 23.6. The number of ether oxygens (including phenoxy) is 2. The van der Waals surface area contributed by atoms with Gasteiger partial charge in [0.05, 0.1) is 20.1 Å². The molecule has 0 saturated heterocycles. The third-order valence-electron chi connectivity index (χ3n) is 4.13. The highest BCUT2D eigenvalue weighted by Crippen LogP contribution is 2.23. The van der Waals surface area contributed by atoms with Gasteiger partial charge in [0.25, 0.3) is 0 Å². The Bertz CT molecular complexity index is 769. The van der Waals surface area contributed by atoms with Crippen molar-refractivity contribution in [2.24, 2.45) is 0 Å². The number of benzene rings is 2. The lowest BCUT2D eigenvalue weighted by molar-refractivity contribution is -0.138. The quantitative estimate of drug-likeness (QED) is 0.704. The van der Waals surface area contributed by atoms with Crippen LogP contribution >= 0.6 is 0 Å². The molecule has 0 spiro atoms. The Morgan fingerprint density at radius 3 is 2.19 bits per heavy atom. The minimum Gasteiger partial charge on any atom is -0.497 e. The van der Waals surface area contributed by atoms with Gasteiger partial charge in [-0.1, -0.05) is 12.1 Å². The Morgan fingerprint density at radius 1 is 1.07 bits per heavy atom. The zero-order chi connectivity index (χ0) is 19.8. The molecule has 7 heteroatoms. The Hall–Kier alpha value is -3.09. The number of halogens is 1. The lowest BCUT2D eigenvalue weighted by atomic mass is 9.99. The average molecular weight is 375 g/mol. The highest BCUT2D eigenvalue weighted by molar-refractivity contribution is 5.80. The third kappa shape index (κ3) is 5.99. The molecular formula is C20H22FNO5. The van der Waals surface area contributed by atoms with Crippen LogP contribution in [0.25, 0.3) is 0 Å². The van der Waals surface area contributed by atoms with Crippen LogP contribution in [0.2, 0.25) is 0 Å². The number of aryl methyl sites for hydroxylation is 1. The Morgan fingerprint density at radius 2 is 1.67 bits per heavy atom. The minimum atomic E-state index is -1.08. The molecule has 2 aromatic carbocycles. The molecule has 1 unspecified atom stereocenters. The van der Waals surface area contributed by atoms with E-state index in [-0.39, 0.29) is 18.9 Å². The van der Waals surface area contributed by atoms with Crippen LogP contribution in [-0.2, 0) is 16.0 Å². The maximum atomic E-state index is 13.0. The van der Waals surface area contributed by atoms with Crippen molar-refractivity contribution in [3.8, 4) is 11.5 Å². The molecule has 6 nitrogen and oxygen atoms in total. The first-order chi connectivity index (χ1) is 12.9. The van der Waals surface area contributed by atoms with E-state index in [9.17, 15) is 19.1 Å². The number of nitrogens with one attached hydrogen (secondary N) is 1. The molecule has 0 saturated carbocycles. The molecule has 2 N–H and O–H groups in total. The Labute approximate surface area is 156 Å². The summed E-state index contributed by atoms with van der Waals surface area (Å²) in [5, 5.41) is 12.0. The molecule has 0 radical (unpaired) electrons. The van der Waals surface area contributed by atoms with Crippen molar-refractivity contribution >= 4 is 11.9 Å². The van der Waals surface area contributed by atoms with Crippen LogP contribution in [0.4, 0.5) is 4.39 Å². The van der Waals surface area contributed by atoms with Crippen LogP contribution in [0.5, 0.6) is 11.5 Å². The van der Waals surface area contributed by atoms with Crippen LogP contribution in [-0.4, -0.2) is 37.7 Å². The molecule has 27 heavy (non-hydrogen) atoms. The van der Waals surface area contributed by atoms with E-state index >= 15 is 0 Å². The fourth-order valence-electron chi connectivity index (χ4n) is 2.62. The monoisotopic (exact) mass is 375 g/mol. The molecule has 0 aromatic heterocycles. The van der Waals surface area contributed by atoms with Crippen LogP contribution < -0.4 is 14.8 Å². The molecule has 144 valence electrons. The van der Waals surface area contributed by atoms with Crippen molar-refractivity contribution in [3.05, 3.63) is 59.4 Å². The second-order valence-electron chi connectivity index (χ2n) is 5.97. The van der Waals surface area contributed by atoms with Crippen LogP contribution in [0, 0.1) is 5.82 Å². The minimum absolute atomic E-state index is 0.0682. The fourth-order valence-corrected chi connectivity index (χ4v) is 2.62. The molecule has 0 aliphatic carbocycles. The van der Waals surface area contributed by atoms with E-state index in [1.807, 2.05) is 12.1 Å². The number of carbonyl (C=O) groups excluding carboxylic acids is 1. The van der Waals surface area contributed by atoms with Crippen molar-refractivity contribution in [1.82, 2.24) is 5.32 Å². The van der Waals surface area contributed by atoms with Crippen molar-refractivity contribution < 1.29 is 28.6 Å². The van der Waals surface area contributed by atoms with Crippen LogP contribution in [0.1, 0.15) is 23.5 Å². The second kappa shape index (κ2) is 9.56. The van der Waals surface area contributed by atoms with Crippen molar-refractivity contribution in [3.63, 3.8) is 0 Å². The summed E-state index contributed by atoms with van der Waals surface area (Å²) < 4.78 is 23.4. The van der Waals surface area contributed by atoms with Gasteiger partial charge in [0.15, 0.2) is 0 Å². The molecule has 2 aromatic rings. The summed E-state index contributed by atoms with van der Waals surface area (Å²) in [5.41, 5.74) is 1.30. The van der Waals surface area contributed by atoms with Gasteiger partial charge >= 0.3 is 5.97 Å². The van der Waals surface area contributed by atoms with Gasteiger partial charge in [0, 0.05) is 19.0 Å². The lowest BCUT2D eigenvalue weighted by Gasteiger charge is -2.14. The third-order valence-corrected chi connectivity index (χ3v) is 4.13. The number of carboxylic acid groups (broad SMARTS) is 1. The van der Waals surface area contributed by atoms with Crippen LogP contribution in [0.3, 0.4) is 0 Å². The average Bonchev–Trinajstić information content (AvgIpc) is 2.67. The number of amides is 1. The number of methoxy groups -OCH3 is 2. The molecule has 0 fully saturated rings.